The molecule has 1 aliphatic rings. The van der Waals surface area contributed by atoms with Crippen LogP contribution in [0.3, 0.4) is 0 Å². The minimum atomic E-state index is -1.19. The average molecular weight is 492 g/mol. The van der Waals surface area contributed by atoms with E-state index in [1.54, 1.807) is 18.3 Å². The maximum Gasteiger partial charge on any atom is 0.167 e. The lowest BCUT2D eigenvalue weighted by Gasteiger charge is -2.16. The van der Waals surface area contributed by atoms with Gasteiger partial charge in [-0.1, -0.05) is 18.2 Å². The molecule has 0 radical (unpaired) electrons. The molecule has 1 fully saturated rings. The van der Waals surface area contributed by atoms with Crippen molar-refractivity contribution in [2.24, 2.45) is 0 Å². The number of imidazole rings is 1. The Kier molecular flexibility index (Phi) is 7.95. The van der Waals surface area contributed by atoms with Crippen LogP contribution in [-0.2, 0) is 11.3 Å². The van der Waals surface area contributed by atoms with E-state index in [1.807, 2.05) is 30.3 Å². The van der Waals surface area contributed by atoms with Gasteiger partial charge in [-0.05, 0) is 29.8 Å². The zero-order chi connectivity index (χ0) is 25.5. The summed E-state index contributed by atoms with van der Waals surface area (Å²) in [6.45, 7) is 0.279. The second-order valence-corrected chi connectivity index (χ2v) is 7.81. The van der Waals surface area contributed by atoms with Gasteiger partial charge in [0.15, 0.2) is 17.7 Å². The van der Waals surface area contributed by atoms with Gasteiger partial charge >= 0.3 is 0 Å². The topological polar surface area (TPSA) is 200 Å². The molecular formula is C23H25N9O4. The van der Waals surface area contributed by atoms with E-state index in [-0.39, 0.29) is 5.82 Å². The molecule has 36 heavy (non-hydrogen) atoms. The second-order valence-electron chi connectivity index (χ2n) is 7.81. The number of benzene rings is 1. The van der Waals surface area contributed by atoms with E-state index in [0.29, 0.717) is 23.3 Å². The van der Waals surface area contributed by atoms with Crippen molar-refractivity contribution in [3.63, 3.8) is 0 Å². The number of rotatable bonds is 6. The number of pyridine rings is 1. The lowest BCUT2D eigenvalue weighted by Crippen LogP contribution is -2.33. The van der Waals surface area contributed by atoms with Gasteiger partial charge in [0.05, 0.1) is 24.6 Å². The third-order valence-corrected chi connectivity index (χ3v) is 5.44. The van der Waals surface area contributed by atoms with Crippen LogP contribution < -0.4 is 16.6 Å². The summed E-state index contributed by atoms with van der Waals surface area (Å²) in [4.78, 5) is 16.0. The minimum Gasteiger partial charge on any atom is -0.394 e. The molecule has 7 N–H and O–H groups in total. The first-order valence-electron chi connectivity index (χ1n) is 11.0. The number of aromatic nitrogens is 5. The summed E-state index contributed by atoms with van der Waals surface area (Å²) in [7, 11) is 0. The number of aliphatic hydroxyl groups is 3. The molecule has 0 amide bonds. The van der Waals surface area contributed by atoms with Crippen molar-refractivity contribution in [3.05, 3.63) is 72.4 Å². The van der Waals surface area contributed by atoms with Gasteiger partial charge in [-0.25, -0.2) is 25.4 Å². The molecule has 1 aliphatic heterocycles. The van der Waals surface area contributed by atoms with Gasteiger partial charge in [-0.2, -0.15) is 5.26 Å². The van der Waals surface area contributed by atoms with Gasteiger partial charge in [-0.15, -0.1) is 0 Å². The molecule has 13 nitrogen and oxygen atoms in total. The molecule has 4 aromatic rings. The number of aliphatic hydroxyl groups excluding tert-OH is 3. The molecule has 0 aliphatic carbocycles. The Morgan fingerprint density at radius 1 is 1.06 bits per heavy atom. The number of ether oxygens (including phenoxy) is 1. The summed E-state index contributed by atoms with van der Waals surface area (Å²) >= 11 is 0. The summed E-state index contributed by atoms with van der Waals surface area (Å²) in [5, 5.41) is 37.4. The number of nitriles is 1. The molecule has 4 atom stereocenters. The van der Waals surface area contributed by atoms with Crippen molar-refractivity contribution in [1.82, 2.24) is 29.9 Å². The van der Waals surface area contributed by atoms with Gasteiger partial charge < -0.3 is 31.2 Å². The fourth-order valence-corrected chi connectivity index (χ4v) is 3.54. The summed E-state index contributed by atoms with van der Waals surface area (Å²) in [5.41, 5.74) is 14.3. The highest BCUT2D eigenvalue weighted by Gasteiger charge is 2.43. The number of nitrogens with one attached hydrogen (secondary N) is 2. The number of fused-ring (bicyclic) bond motifs is 1. The number of nitrogen functional groups attached to an aromatic ring is 1. The molecule has 0 unspecified atom stereocenters. The number of hydrogen-bond acceptors (Lipinski definition) is 12. The number of nitrogens with zero attached hydrogens (tertiary/aromatic N) is 6. The predicted molar refractivity (Wildman–Crippen MR) is 129 cm³/mol. The summed E-state index contributed by atoms with van der Waals surface area (Å²) in [5.74, 6) is 0.997. The predicted octanol–water partition coefficient (Wildman–Crippen LogP) is 0.0900. The van der Waals surface area contributed by atoms with E-state index in [9.17, 15) is 10.2 Å². The quantitative estimate of drug-likeness (QED) is 0.199. The first-order valence-corrected chi connectivity index (χ1v) is 11.0. The van der Waals surface area contributed by atoms with Gasteiger partial charge in [0.2, 0.25) is 0 Å². The first kappa shape index (κ1) is 24.9. The normalized spacial score (nSPS) is 20.9. The van der Waals surface area contributed by atoms with Crippen molar-refractivity contribution >= 4 is 22.8 Å². The fraction of sp³-hybridized carbons (Fsp3) is 0.261. The lowest BCUT2D eigenvalue weighted by molar-refractivity contribution is -0.0511. The third-order valence-electron chi connectivity index (χ3n) is 5.44. The second kappa shape index (κ2) is 11.5. The number of anilines is 2. The van der Waals surface area contributed by atoms with Crippen LogP contribution in [0, 0.1) is 11.3 Å². The molecule has 0 spiro atoms. The number of nitrogens with two attached hydrogens (primary N) is 1. The standard InChI is InChI=1S/C13H12N4.C10H13N5O4/c14-9-11-4-6-12(7-5-11)10-16-17-13-3-1-2-8-15-13;11-8-5-9(13-2-12-8)15(3-14-5)10-7(18)6(17)4(1-16)19-10/h1-8,16H,10H2,(H,15,17);2-4,6-7,10,16-18H,1H2,(H2,11,12,13)/t;4-,6-,7-,10-/m.1/s1. The highest BCUT2D eigenvalue weighted by molar-refractivity contribution is 5.81. The van der Waals surface area contributed by atoms with Crippen LogP contribution in [0.25, 0.3) is 11.2 Å². The Labute approximate surface area is 205 Å². The number of hydrazine groups is 1. The number of hydrogen-bond donors (Lipinski definition) is 6. The fourth-order valence-electron chi connectivity index (χ4n) is 3.54. The van der Waals surface area contributed by atoms with Crippen LogP contribution in [0.1, 0.15) is 17.4 Å². The molecule has 4 heterocycles. The largest absolute Gasteiger partial charge is 0.394 e. The summed E-state index contributed by atoms with van der Waals surface area (Å²) < 4.78 is 6.85. The molecule has 13 heteroatoms. The Hall–Kier alpha value is -4.19. The van der Waals surface area contributed by atoms with E-state index in [4.69, 9.17) is 20.8 Å². The van der Waals surface area contributed by atoms with Crippen LogP contribution in [0.2, 0.25) is 0 Å². The van der Waals surface area contributed by atoms with Gasteiger partial charge in [0, 0.05) is 12.7 Å². The zero-order valence-electron chi connectivity index (χ0n) is 19.0. The molecule has 3 aromatic heterocycles. The highest BCUT2D eigenvalue weighted by Crippen LogP contribution is 2.31. The minimum absolute atomic E-state index is 0.218. The van der Waals surface area contributed by atoms with Crippen LogP contribution in [-0.4, -0.2) is 64.7 Å². The zero-order valence-corrected chi connectivity index (χ0v) is 19.0. The first-order chi connectivity index (χ1) is 17.5. The van der Waals surface area contributed by atoms with E-state index in [0.717, 1.165) is 11.4 Å². The SMILES string of the molecule is N#Cc1ccc(CNNc2ccccn2)cc1.Nc1ncnc2c1ncn2[C@@H]1O[C@H](CO)[C@@H](O)[C@H]1O. The Balaban J connectivity index is 0.000000170. The van der Waals surface area contributed by atoms with E-state index in [2.05, 4.69) is 36.9 Å². The Bertz CT molecular complexity index is 1310. The third kappa shape index (κ3) is 5.54. The van der Waals surface area contributed by atoms with E-state index < -0.39 is 31.1 Å². The molecule has 5 rings (SSSR count). The van der Waals surface area contributed by atoms with E-state index in [1.165, 1.54) is 17.2 Å². The van der Waals surface area contributed by atoms with Gasteiger partial charge in [0.1, 0.15) is 36.0 Å². The van der Waals surface area contributed by atoms with Crippen LogP contribution in [0.15, 0.2) is 61.3 Å². The molecule has 0 bridgehead atoms. The van der Waals surface area contributed by atoms with E-state index >= 15 is 0 Å². The lowest BCUT2D eigenvalue weighted by atomic mass is 10.1. The maximum atomic E-state index is 9.95. The van der Waals surface area contributed by atoms with Gasteiger partial charge in [-0.3, -0.25) is 4.57 Å². The van der Waals surface area contributed by atoms with Crippen molar-refractivity contribution in [2.75, 3.05) is 17.8 Å². The van der Waals surface area contributed by atoms with Crippen LogP contribution in [0.5, 0.6) is 0 Å². The molecular weight excluding hydrogens is 466 g/mol. The van der Waals surface area contributed by atoms with Crippen molar-refractivity contribution in [3.8, 4) is 6.07 Å². The summed E-state index contributed by atoms with van der Waals surface area (Å²) in [6, 6.07) is 15.2. The summed E-state index contributed by atoms with van der Waals surface area (Å²) in [6.07, 6.45) is 0.305. The van der Waals surface area contributed by atoms with Crippen molar-refractivity contribution in [2.45, 2.75) is 31.1 Å². The maximum absolute atomic E-state index is 9.95. The van der Waals surface area contributed by atoms with Crippen LogP contribution >= 0.6 is 0 Å². The van der Waals surface area contributed by atoms with Crippen molar-refractivity contribution in [1.29, 1.82) is 5.26 Å². The Morgan fingerprint density at radius 2 is 1.86 bits per heavy atom. The van der Waals surface area contributed by atoms with Gasteiger partial charge in [0.25, 0.3) is 0 Å². The molecule has 1 aromatic carbocycles. The highest BCUT2D eigenvalue weighted by atomic mass is 16.6. The average Bonchev–Trinajstić information content (AvgIpc) is 3.47. The molecule has 0 saturated carbocycles. The van der Waals surface area contributed by atoms with Crippen LogP contribution in [0.4, 0.5) is 11.6 Å². The smallest absolute Gasteiger partial charge is 0.167 e. The molecule has 1 saturated heterocycles. The molecule has 186 valence electrons. The van der Waals surface area contributed by atoms with Crippen molar-refractivity contribution < 1.29 is 20.1 Å². The monoisotopic (exact) mass is 491 g/mol. The Morgan fingerprint density at radius 3 is 2.53 bits per heavy atom.